The Balaban J connectivity index is 1.73. The Kier molecular flexibility index (Phi) is 15.9. The number of ketones is 1. The third-order valence-corrected chi connectivity index (χ3v) is 9.99. The second kappa shape index (κ2) is 20.5. The van der Waals surface area contributed by atoms with Gasteiger partial charge >= 0.3 is 0 Å². The number of halogens is 1. The van der Waals surface area contributed by atoms with Crippen LogP contribution in [-0.2, 0) is 35.3 Å². The zero-order chi connectivity index (χ0) is 40.1. The van der Waals surface area contributed by atoms with Crippen molar-refractivity contribution in [2.45, 2.75) is 76.7 Å². The highest BCUT2D eigenvalue weighted by Gasteiger charge is 2.46. The Morgan fingerprint density at radius 1 is 1.02 bits per heavy atom. The van der Waals surface area contributed by atoms with E-state index in [1.807, 2.05) is 60.7 Å². The Morgan fingerprint density at radius 3 is 2.31 bits per heavy atom. The lowest BCUT2D eigenvalue weighted by Crippen LogP contribution is -2.61. The van der Waals surface area contributed by atoms with E-state index < -0.39 is 78.4 Å². The fourth-order valence-corrected chi connectivity index (χ4v) is 7.35. The van der Waals surface area contributed by atoms with E-state index in [4.69, 9.17) is 28.8 Å². The van der Waals surface area contributed by atoms with Gasteiger partial charge < -0.3 is 27.4 Å². The van der Waals surface area contributed by atoms with Gasteiger partial charge in [-0.1, -0.05) is 86.7 Å². The van der Waals surface area contributed by atoms with Gasteiger partial charge in [-0.25, -0.2) is 10.0 Å². The van der Waals surface area contributed by atoms with Gasteiger partial charge in [0.1, 0.15) is 6.04 Å². The maximum Gasteiger partial charge on any atom is 0.249 e. The van der Waals surface area contributed by atoms with Crippen LogP contribution in [-0.4, -0.2) is 99.8 Å². The molecular formula is C39H52ClN9O6. The fraction of sp³-hybridized carbons (Fsp3) is 0.462. The van der Waals surface area contributed by atoms with Crippen molar-refractivity contribution in [2.75, 3.05) is 25.5 Å². The zero-order valence-corrected chi connectivity index (χ0v) is 32.1. The number of nitrogens with two attached hydrogens (primary N) is 3. The summed E-state index contributed by atoms with van der Waals surface area (Å²) in [7, 11) is 0. The first-order valence-electron chi connectivity index (χ1n) is 18.5. The number of imide groups is 1. The van der Waals surface area contributed by atoms with Gasteiger partial charge in [-0.3, -0.25) is 39.1 Å². The van der Waals surface area contributed by atoms with Crippen molar-refractivity contribution in [3.05, 3.63) is 83.9 Å². The molecular weight excluding hydrogens is 726 g/mol. The molecule has 0 saturated carbocycles. The third-order valence-electron chi connectivity index (χ3n) is 9.73. The highest BCUT2D eigenvalue weighted by atomic mass is 35.5. The number of hydrazine groups is 1. The molecule has 2 aliphatic heterocycles. The maximum atomic E-state index is 14.9. The minimum atomic E-state index is -1.31. The van der Waals surface area contributed by atoms with Gasteiger partial charge in [0.2, 0.25) is 29.5 Å². The van der Waals surface area contributed by atoms with Crippen molar-refractivity contribution in [3.63, 3.8) is 0 Å². The number of aliphatic imine (C=N–C) groups is 1. The van der Waals surface area contributed by atoms with Crippen molar-refractivity contribution in [3.8, 4) is 0 Å². The molecule has 296 valence electrons. The predicted octanol–water partition coefficient (Wildman–Crippen LogP) is 1.51. The molecule has 0 bridgehead atoms. The molecule has 16 heteroatoms. The van der Waals surface area contributed by atoms with Crippen LogP contribution in [0, 0.1) is 11.8 Å². The van der Waals surface area contributed by atoms with Crippen LogP contribution < -0.4 is 27.8 Å². The van der Waals surface area contributed by atoms with Crippen molar-refractivity contribution >= 4 is 52.9 Å². The number of hydrogen-bond acceptors (Lipinski definition) is 9. The van der Waals surface area contributed by atoms with Gasteiger partial charge in [0, 0.05) is 25.6 Å². The minimum absolute atomic E-state index is 0.0388. The van der Waals surface area contributed by atoms with Gasteiger partial charge in [0.05, 0.1) is 43.4 Å². The fourth-order valence-electron chi connectivity index (χ4n) is 7.17. The Morgan fingerprint density at radius 2 is 1.69 bits per heavy atom. The zero-order valence-electron chi connectivity index (χ0n) is 31.3. The monoisotopic (exact) mass is 777 g/mol. The highest BCUT2D eigenvalue weighted by molar-refractivity contribution is 6.28. The number of hydrogen-bond donors (Lipinski definition) is 5. The molecule has 1 saturated heterocycles. The molecule has 4 rings (SSSR count). The highest BCUT2D eigenvalue weighted by Crippen LogP contribution is 2.34. The summed E-state index contributed by atoms with van der Waals surface area (Å²) in [6.07, 6.45) is 3.65. The molecule has 2 aromatic carbocycles. The van der Waals surface area contributed by atoms with E-state index in [0.29, 0.717) is 6.54 Å². The summed E-state index contributed by atoms with van der Waals surface area (Å²) in [6, 6.07) is 15.3. The second-order valence-corrected chi connectivity index (χ2v) is 14.2. The van der Waals surface area contributed by atoms with Gasteiger partial charge in [-0.2, -0.15) is 0 Å². The lowest BCUT2D eigenvalue weighted by atomic mass is 9.87. The number of fused-ring (bicyclic) bond motifs is 1. The van der Waals surface area contributed by atoms with Crippen LogP contribution in [0.3, 0.4) is 0 Å². The van der Waals surface area contributed by atoms with Crippen LogP contribution in [0.15, 0.2) is 77.8 Å². The SMILES string of the molecule is CC(C)[C@@H](C(=O)NC(=O)CN)N(C(=O)C[C@H]1C=CCN2C(=O)CC[C@@H](C(NCc3ccccc3)c3ccccc3)C(=O)N12)[C@H](CCCN=C(N)N)C(=O)CCl. The van der Waals surface area contributed by atoms with Crippen LogP contribution in [0.25, 0.3) is 0 Å². The Labute approximate surface area is 326 Å². The number of benzene rings is 2. The number of carbonyl (C=O) groups is 6. The molecule has 0 radical (unpaired) electrons. The average molecular weight is 778 g/mol. The van der Waals surface area contributed by atoms with Crippen LogP contribution >= 0.6 is 11.6 Å². The maximum absolute atomic E-state index is 14.9. The largest absolute Gasteiger partial charge is 0.370 e. The quantitative estimate of drug-likeness (QED) is 0.0482. The first-order valence-corrected chi connectivity index (χ1v) is 19.0. The number of alkyl halides is 1. The topological polar surface area (TPSA) is 227 Å². The number of amides is 5. The number of Topliss-reactive ketones (excluding diaryl/α,β-unsaturated/α-hetero) is 1. The molecule has 5 amide bonds. The van der Waals surface area contributed by atoms with Crippen molar-refractivity contribution < 1.29 is 28.8 Å². The van der Waals surface area contributed by atoms with Crippen LogP contribution in [0.5, 0.6) is 0 Å². The molecule has 55 heavy (non-hydrogen) atoms. The predicted molar refractivity (Wildman–Crippen MR) is 208 cm³/mol. The molecule has 2 heterocycles. The van der Waals surface area contributed by atoms with Crippen LogP contribution in [0.2, 0.25) is 0 Å². The Hall–Kier alpha value is -5.12. The summed E-state index contributed by atoms with van der Waals surface area (Å²) in [5.74, 6) is -5.35. The average Bonchev–Trinajstić information content (AvgIpc) is 3.30. The molecule has 2 aliphatic rings. The summed E-state index contributed by atoms with van der Waals surface area (Å²) < 4.78 is 0. The van der Waals surface area contributed by atoms with E-state index in [1.165, 1.54) is 10.0 Å². The lowest BCUT2D eigenvalue weighted by Gasteiger charge is -2.43. The summed E-state index contributed by atoms with van der Waals surface area (Å²) >= 11 is 6.09. The van der Waals surface area contributed by atoms with Crippen molar-refractivity contribution in [1.82, 2.24) is 25.6 Å². The second-order valence-electron chi connectivity index (χ2n) is 13.9. The van der Waals surface area contributed by atoms with E-state index >= 15 is 0 Å². The lowest BCUT2D eigenvalue weighted by molar-refractivity contribution is -0.169. The Bertz CT molecular complexity index is 1720. The van der Waals surface area contributed by atoms with Gasteiger partial charge in [0.25, 0.3) is 0 Å². The number of guanidine groups is 1. The number of rotatable bonds is 18. The molecule has 5 atom stereocenters. The van der Waals surface area contributed by atoms with Crippen LogP contribution in [0.4, 0.5) is 0 Å². The number of nitrogens with one attached hydrogen (secondary N) is 2. The minimum Gasteiger partial charge on any atom is -0.370 e. The number of carbonyl (C=O) groups excluding carboxylic acids is 6. The molecule has 0 spiro atoms. The molecule has 8 N–H and O–H groups in total. The summed E-state index contributed by atoms with van der Waals surface area (Å²) in [5, 5.41) is 8.52. The van der Waals surface area contributed by atoms with E-state index in [1.54, 1.807) is 26.0 Å². The van der Waals surface area contributed by atoms with Crippen LogP contribution in [0.1, 0.15) is 63.1 Å². The molecule has 0 aliphatic carbocycles. The first-order chi connectivity index (χ1) is 26.4. The van der Waals surface area contributed by atoms with Crippen molar-refractivity contribution in [2.24, 2.45) is 34.0 Å². The van der Waals surface area contributed by atoms with E-state index in [0.717, 1.165) is 16.0 Å². The third kappa shape index (κ3) is 11.2. The molecule has 0 aromatic heterocycles. The summed E-state index contributed by atoms with van der Waals surface area (Å²) in [6.45, 7) is 3.59. The van der Waals surface area contributed by atoms with E-state index in [2.05, 4.69) is 15.6 Å². The van der Waals surface area contributed by atoms with E-state index in [9.17, 15) is 28.8 Å². The number of nitrogens with zero attached hydrogens (tertiary/aromatic N) is 4. The van der Waals surface area contributed by atoms with Crippen molar-refractivity contribution in [1.29, 1.82) is 0 Å². The smallest absolute Gasteiger partial charge is 0.249 e. The van der Waals surface area contributed by atoms with Gasteiger partial charge in [-0.05, 0) is 36.3 Å². The standard InChI is InChI=1S/C39H52ClN9O6/c1-25(2)36(37(54)46-32(51)23-41)48(30(31(50)22-40)16-9-19-44-39(42)43)34(53)21-28-15-10-20-47-33(52)18-17-29(38(55)49(28)47)35(27-13-7-4-8-14-27)45-24-26-11-5-3-6-12-26/h3-8,10-15,25,28-30,35-36,45H,9,16-24,41H2,1-2H3,(H4,42,43,44)(H,46,51,54)/t28-,29+,30-,35?,36+/m1/s1. The summed E-state index contributed by atoms with van der Waals surface area (Å²) in [4.78, 5) is 87.9. The molecule has 1 unspecified atom stereocenters. The molecule has 15 nitrogen and oxygen atoms in total. The van der Waals surface area contributed by atoms with E-state index in [-0.39, 0.29) is 56.5 Å². The normalized spacial score (nSPS) is 18.5. The molecule has 1 fully saturated rings. The molecule has 2 aromatic rings. The van der Waals surface area contributed by atoms with Gasteiger partial charge in [0.15, 0.2) is 11.7 Å². The summed E-state index contributed by atoms with van der Waals surface area (Å²) in [5.41, 5.74) is 18.3. The first kappa shape index (κ1) is 42.6. The van der Waals surface area contributed by atoms with Gasteiger partial charge in [-0.15, -0.1) is 11.6 Å².